The molecule has 0 spiro atoms. The van der Waals surface area contributed by atoms with Gasteiger partial charge >= 0.3 is 5.97 Å². The summed E-state index contributed by atoms with van der Waals surface area (Å²) in [5, 5.41) is 0. The van der Waals surface area contributed by atoms with Crippen LogP contribution in [-0.4, -0.2) is 43.9 Å². The molecule has 2 aromatic rings. The number of carbonyl (C=O) groups is 2. The van der Waals surface area contributed by atoms with E-state index in [9.17, 15) is 14.0 Å². The average molecular weight is 413 g/mol. The molecule has 0 N–H and O–H groups in total. The van der Waals surface area contributed by atoms with Crippen LogP contribution in [-0.2, 0) is 20.9 Å². The van der Waals surface area contributed by atoms with Gasteiger partial charge in [-0.25, -0.2) is 4.39 Å². The molecule has 0 saturated carbocycles. The van der Waals surface area contributed by atoms with E-state index in [0.717, 1.165) is 23.2 Å². The highest BCUT2D eigenvalue weighted by molar-refractivity contribution is 5.76. The molecule has 0 unspecified atom stereocenters. The van der Waals surface area contributed by atoms with Gasteiger partial charge in [0, 0.05) is 31.5 Å². The first-order chi connectivity index (χ1) is 14.3. The van der Waals surface area contributed by atoms with Crippen LogP contribution in [0.15, 0.2) is 48.5 Å². The quantitative estimate of drug-likeness (QED) is 0.487. The van der Waals surface area contributed by atoms with Crippen molar-refractivity contribution >= 4 is 12.3 Å². The minimum atomic E-state index is -0.739. The molecule has 0 radical (unpaired) electrons. The summed E-state index contributed by atoms with van der Waals surface area (Å²) in [7, 11) is 1.60. The van der Waals surface area contributed by atoms with Crippen LogP contribution in [0.1, 0.15) is 30.9 Å². The molecule has 1 aliphatic heterocycles. The van der Waals surface area contributed by atoms with Crippen molar-refractivity contribution in [2.45, 2.75) is 26.4 Å². The molecule has 2 atom stereocenters. The van der Waals surface area contributed by atoms with E-state index in [0.29, 0.717) is 19.6 Å². The highest BCUT2D eigenvalue weighted by Crippen LogP contribution is 2.34. The van der Waals surface area contributed by atoms with Crippen molar-refractivity contribution in [3.63, 3.8) is 0 Å². The molecule has 1 heterocycles. The van der Waals surface area contributed by atoms with Crippen LogP contribution in [0.2, 0.25) is 0 Å². The predicted molar refractivity (Wildman–Crippen MR) is 112 cm³/mol. The number of halogens is 1. The molecular formula is C24H28FNO4. The number of carbonyl (C=O) groups excluding carboxylic acids is 2. The lowest BCUT2D eigenvalue weighted by Gasteiger charge is -2.28. The van der Waals surface area contributed by atoms with Crippen LogP contribution in [0.3, 0.4) is 0 Å². The first kappa shape index (κ1) is 22.0. The summed E-state index contributed by atoms with van der Waals surface area (Å²) in [4.78, 5) is 26.4. The highest BCUT2D eigenvalue weighted by Gasteiger charge is 2.39. The Hall–Kier alpha value is -2.73. The van der Waals surface area contributed by atoms with Crippen molar-refractivity contribution in [3.05, 3.63) is 65.5 Å². The van der Waals surface area contributed by atoms with Gasteiger partial charge in [-0.05, 0) is 49.2 Å². The predicted octanol–water partition coefficient (Wildman–Crippen LogP) is 3.82. The Morgan fingerprint density at radius 3 is 2.57 bits per heavy atom. The molecule has 5 nitrogen and oxygen atoms in total. The topological polar surface area (TPSA) is 55.8 Å². The first-order valence-corrected chi connectivity index (χ1v) is 10.1. The lowest BCUT2D eigenvalue weighted by atomic mass is 9.90. The number of rotatable bonds is 8. The smallest absolute Gasteiger partial charge is 0.313 e. The average Bonchev–Trinajstić information content (AvgIpc) is 3.14. The number of likely N-dealkylation sites (tertiary alicyclic amines) is 1. The number of benzene rings is 2. The van der Waals surface area contributed by atoms with E-state index >= 15 is 0 Å². The SMILES string of the molecule is COc1ccc(COC(=O)C(C)(C)CN2C[C@H](c3cccc(F)c3)[C@@H](C=O)C2)cc1. The van der Waals surface area contributed by atoms with Crippen molar-refractivity contribution < 1.29 is 23.5 Å². The molecule has 0 bridgehead atoms. The third-order valence-electron chi connectivity index (χ3n) is 5.59. The molecule has 160 valence electrons. The van der Waals surface area contributed by atoms with E-state index in [4.69, 9.17) is 9.47 Å². The van der Waals surface area contributed by atoms with Gasteiger partial charge in [-0.1, -0.05) is 24.3 Å². The molecule has 3 rings (SSSR count). The second-order valence-electron chi connectivity index (χ2n) is 8.46. The normalized spacial score (nSPS) is 19.5. The monoisotopic (exact) mass is 413 g/mol. The van der Waals surface area contributed by atoms with Crippen molar-refractivity contribution in [2.24, 2.45) is 11.3 Å². The lowest BCUT2D eigenvalue weighted by Crippen LogP contribution is -2.39. The number of esters is 1. The zero-order valence-electron chi connectivity index (χ0n) is 17.6. The van der Waals surface area contributed by atoms with Crippen LogP contribution in [0.5, 0.6) is 5.75 Å². The molecule has 1 saturated heterocycles. The maximum absolute atomic E-state index is 13.6. The van der Waals surface area contributed by atoms with E-state index in [2.05, 4.69) is 4.90 Å². The molecule has 0 aliphatic carbocycles. The van der Waals surface area contributed by atoms with Gasteiger partial charge in [-0.2, -0.15) is 0 Å². The number of methoxy groups -OCH3 is 1. The molecule has 30 heavy (non-hydrogen) atoms. The zero-order chi connectivity index (χ0) is 21.7. The fraction of sp³-hybridized carbons (Fsp3) is 0.417. The molecule has 0 amide bonds. The van der Waals surface area contributed by atoms with E-state index < -0.39 is 5.41 Å². The van der Waals surface area contributed by atoms with Gasteiger partial charge in [0.2, 0.25) is 0 Å². The summed E-state index contributed by atoms with van der Waals surface area (Å²) in [5.41, 5.74) is 0.958. The van der Waals surface area contributed by atoms with E-state index in [1.165, 1.54) is 12.1 Å². The Kier molecular flexibility index (Phi) is 6.87. The number of nitrogens with zero attached hydrogens (tertiary/aromatic N) is 1. The minimum Gasteiger partial charge on any atom is -0.497 e. The molecule has 1 aliphatic rings. The van der Waals surface area contributed by atoms with Gasteiger partial charge in [0.15, 0.2) is 0 Å². The van der Waals surface area contributed by atoms with Crippen LogP contribution >= 0.6 is 0 Å². The van der Waals surface area contributed by atoms with Crippen molar-refractivity contribution in [1.82, 2.24) is 4.90 Å². The highest BCUT2D eigenvalue weighted by atomic mass is 19.1. The Labute approximate surface area is 176 Å². The summed E-state index contributed by atoms with van der Waals surface area (Å²) in [6.45, 7) is 5.48. The Bertz CT molecular complexity index is 881. The Morgan fingerprint density at radius 1 is 1.20 bits per heavy atom. The fourth-order valence-corrected chi connectivity index (χ4v) is 3.96. The largest absolute Gasteiger partial charge is 0.497 e. The molecular weight excluding hydrogens is 385 g/mol. The molecule has 1 fully saturated rings. The Morgan fingerprint density at radius 2 is 1.93 bits per heavy atom. The van der Waals surface area contributed by atoms with Crippen molar-refractivity contribution in [2.75, 3.05) is 26.7 Å². The van der Waals surface area contributed by atoms with E-state index in [-0.39, 0.29) is 30.2 Å². The van der Waals surface area contributed by atoms with Crippen LogP contribution in [0.4, 0.5) is 4.39 Å². The van der Waals surface area contributed by atoms with Gasteiger partial charge in [-0.15, -0.1) is 0 Å². The number of hydrogen-bond acceptors (Lipinski definition) is 5. The standard InChI is InChI=1S/C24H28FNO4/c1-24(2,23(28)30-15-17-7-9-21(29-3)10-8-17)16-26-12-19(14-27)22(13-26)18-5-4-6-20(25)11-18/h4-11,14,19,22H,12-13,15-16H2,1-3H3/t19-,22-/m1/s1. The maximum atomic E-state index is 13.6. The summed E-state index contributed by atoms with van der Waals surface area (Å²) in [6.07, 6.45) is 0.935. The summed E-state index contributed by atoms with van der Waals surface area (Å²) in [6, 6.07) is 13.8. The molecule has 2 aromatic carbocycles. The summed E-state index contributed by atoms with van der Waals surface area (Å²) < 4.78 is 24.3. The van der Waals surface area contributed by atoms with Crippen LogP contribution < -0.4 is 4.74 Å². The van der Waals surface area contributed by atoms with Crippen LogP contribution in [0, 0.1) is 17.2 Å². The van der Waals surface area contributed by atoms with Crippen molar-refractivity contribution in [1.29, 1.82) is 0 Å². The molecule has 0 aromatic heterocycles. The number of ether oxygens (including phenoxy) is 2. The lowest BCUT2D eigenvalue weighted by molar-refractivity contribution is -0.156. The van der Waals surface area contributed by atoms with Crippen LogP contribution in [0.25, 0.3) is 0 Å². The fourth-order valence-electron chi connectivity index (χ4n) is 3.96. The third kappa shape index (κ3) is 5.25. The second kappa shape index (κ2) is 9.39. The van der Waals surface area contributed by atoms with E-state index in [1.807, 2.05) is 44.2 Å². The minimum absolute atomic E-state index is 0.0793. The summed E-state index contributed by atoms with van der Waals surface area (Å²) >= 11 is 0. The van der Waals surface area contributed by atoms with Crippen molar-refractivity contribution in [3.8, 4) is 5.75 Å². The maximum Gasteiger partial charge on any atom is 0.313 e. The first-order valence-electron chi connectivity index (χ1n) is 10.1. The Balaban J connectivity index is 1.59. The van der Waals surface area contributed by atoms with Gasteiger partial charge in [0.1, 0.15) is 24.5 Å². The van der Waals surface area contributed by atoms with Gasteiger partial charge < -0.3 is 19.2 Å². The van der Waals surface area contributed by atoms with Gasteiger partial charge in [-0.3, -0.25) is 4.79 Å². The third-order valence-corrected chi connectivity index (χ3v) is 5.59. The zero-order valence-corrected chi connectivity index (χ0v) is 17.6. The number of aldehydes is 1. The summed E-state index contributed by atoms with van der Waals surface area (Å²) in [5.74, 6) is -0.160. The van der Waals surface area contributed by atoms with E-state index in [1.54, 1.807) is 13.2 Å². The molecule has 6 heteroatoms. The second-order valence-corrected chi connectivity index (χ2v) is 8.46. The van der Waals surface area contributed by atoms with Gasteiger partial charge in [0.25, 0.3) is 0 Å². The number of hydrogen-bond donors (Lipinski definition) is 0. The van der Waals surface area contributed by atoms with Gasteiger partial charge in [0.05, 0.1) is 12.5 Å².